The van der Waals surface area contributed by atoms with Crippen molar-refractivity contribution in [2.75, 3.05) is 20.1 Å². The Morgan fingerprint density at radius 2 is 2.30 bits per heavy atom. The van der Waals surface area contributed by atoms with Gasteiger partial charge in [-0.1, -0.05) is 17.7 Å². The molecule has 1 aromatic heterocycles. The molecule has 0 unspecified atom stereocenters. The number of amides is 1. The molecule has 0 saturated carbocycles. The lowest BCUT2D eigenvalue weighted by Gasteiger charge is -2.26. The topological polar surface area (TPSA) is 45.5 Å². The lowest BCUT2D eigenvalue weighted by molar-refractivity contribution is 0.0916. The molecule has 1 aliphatic rings. The molecule has 3 rings (SSSR count). The molecule has 0 bridgehead atoms. The van der Waals surface area contributed by atoms with Gasteiger partial charge in [0.15, 0.2) is 5.76 Å². The Kier molecular flexibility index (Phi) is 4.68. The summed E-state index contributed by atoms with van der Waals surface area (Å²) in [6, 6.07) is 8.27. The fourth-order valence-corrected chi connectivity index (χ4v) is 3.30. The number of carbonyl (C=O) groups excluding carboxylic acids is 1. The molecular weight excluding hydrogens is 319 g/mol. The van der Waals surface area contributed by atoms with Gasteiger partial charge >= 0.3 is 0 Å². The second kappa shape index (κ2) is 6.72. The Morgan fingerprint density at radius 3 is 3.00 bits per heavy atom. The van der Waals surface area contributed by atoms with Crippen LogP contribution in [0, 0.1) is 11.7 Å². The highest BCUT2D eigenvalue weighted by molar-refractivity contribution is 6.30. The fraction of sp³-hybridized carbons (Fsp3) is 0.353. The van der Waals surface area contributed by atoms with E-state index in [2.05, 4.69) is 10.2 Å². The summed E-state index contributed by atoms with van der Waals surface area (Å²) in [6.07, 6.45) is 2.40. The van der Waals surface area contributed by atoms with E-state index in [-0.39, 0.29) is 22.9 Å². The van der Waals surface area contributed by atoms with Crippen molar-refractivity contribution in [1.29, 1.82) is 0 Å². The first-order valence-electron chi connectivity index (χ1n) is 7.53. The molecule has 2 heterocycles. The van der Waals surface area contributed by atoms with E-state index < -0.39 is 5.82 Å². The summed E-state index contributed by atoms with van der Waals surface area (Å²) >= 11 is 5.76. The molecular formula is C17H18ClFN2O2. The summed E-state index contributed by atoms with van der Waals surface area (Å²) < 4.78 is 18.8. The second-order valence-corrected chi connectivity index (χ2v) is 6.24. The molecule has 1 aliphatic heterocycles. The van der Waals surface area contributed by atoms with Gasteiger partial charge in [-0.15, -0.1) is 0 Å². The lowest BCUT2D eigenvalue weighted by Crippen LogP contribution is -2.32. The molecule has 23 heavy (non-hydrogen) atoms. The summed E-state index contributed by atoms with van der Waals surface area (Å²) in [4.78, 5) is 14.2. The maximum atomic E-state index is 13.8. The molecule has 2 aromatic rings. The molecule has 0 aliphatic carbocycles. The zero-order chi connectivity index (χ0) is 16.4. The first-order valence-corrected chi connectivity index (χ1v) is 7.91. The summed E-state index contributed by atoms with van der Waals surface area (Å²) in [6.45, 7) is 1.41. The molecule has 122 valence electrons. The average molecular weight is 337 g/mol. The monoisotopic (exact) mass is 336 g/mol. The standard InChI is InChI=1S/C17H18ClFN2O2/c1-21-7-6-12(10-20-17(22)15-3-2-8-23-15)16(21)11-4-5-13(18)14(19)9-11/h2-5,8-9,12,16H,6-7,10H2,1H3,(H,20,22)/t12-,16+/m0/s1. The van der Waals surface area contributed by atoms with Gasteiger partial charge < -0.3 is 9.73 Å². The minimum atomic E-state index is -0.414. The Labute approximate surface area is 139 Å². The van der Waals surface area contributed by atoms with Gasteiger partial charge in [-0.2, -0.15) is 0 Å². The normalized spacial score (nSPS) is 21.5. The van der Waals surface area contributed by atoms with Gasteiger partial charge in [-0.25, -0.2) is 4.39 Å². The number of benzene rings is 1. The zero-order valence-electron chi connectivity index (χ0n) is 12.8. The number of carbonyl (C=O) groups is 1. The average Bonchev–Trinajstić information content (AvgIpc) is 3.18. The number of nitrogens with one attached hydrogen (secondary N) is 1. The molecule has 1 fully saturated rings. The van der Waals surface area contributed by atoms with Crippen LogP contribution < -0.4 is 5.32 Å². The minimum Gasteiger partial charge on any atom is -0.459 e. The van der Waals surface area contributed by atoms with Gasteiger partial charge in [-0.05, 0) is 55.8 Å². The van der Waals surface area contributed by atoms with Crippen LogP contribution in [0.15, 0.2) is 41.0 Å². The lowest BCUT2D eigenvalue weighted by atomic mass is 9.93. The van der Waals surface area contributed by atoms with Crippen molar-refractivity contribution in [2.24, 2.45) is 5.92 Å². The van der Waals surface area contributed by atoms with Crippen molar-refractivity contribution in [3.05, 3.63) is 58.8 Å². The van der Waals surface area contributed by atoms with E-state index >= 15 is 0 Å². The van der Waals surface area contributed by atoms with E-state index in [9.17, 15) is 9.18 Å². The van der Waals surface area contributed by atoms with Crippen molar-refractivity contribution in [3.63, 3.8) is 0 Å². The first kappa shape index (κ1) is 16.0. The number of rotatable bonds is 4. The SMILES string of the molecule is CN1CC[C@@H](CNC(=O)c2ccco2)[C@H]1c1ccc(Cl)c(F)c1. The summed E-state index contributed by atoms with van der Waals surface area (Å²) in [5.74, 6) is -0.140. The van der Waals surface area contributed by atoms with Gasteiger partial charge in [0, 0.05) is 12.6 Å². The molecule has 2 atom stereocenters. The molecule has 1 N–H and O–H groups in total. The van der Waals surface area contributed by atoms with Gasteiger partial charge in [0.25, 0.3) is 5.91 Å². The largest absolute Gasteiger partial charge is 0.459 e. The number of hydrogen-bond acceptors (Lipinski definition) is 3. The molecule has 1 aromatic carbocycles. The van der Waals surface area contributed by atoms with Crippen LogP contribution in [0.3, 0.4) is 0 Å². The maximum Gasteiger partial charge on any atom is 0.286 e. The summed E-state index contributed by atoms with van der Waals surface area (Å²) in [5.41, 5.74) is 0.879. The molecule has 4 nitrogen and oxygen atoms in total. The molecule has 1 amide bonds. The van der Waals surface area contributed by atoms with Crippen LogP contribution in [0.2, 0.25) is 5.02 Å². The van der Waals surface area contributed by atoms with Crippen molar-refractivity contribution in [1.82, 2.24) is 10.2 Å². The molecule has 0 spiro atoms. The van der Waals surface area contributed by atoms with Gasteiger partial charge in [0.2, 0.25) is 0 Å². The van der Waals surface area contributed by atoms with Crippen LogP contribution in [-0.4, -0.2) is 30.9 Å². The zero-order valence-corrected chi connectivity index (χ0v) is 13.5. The van der Waals surface area contributed by atoms with E-state index in [1.165, 1.54) is 12.3 Å². The Bertz CT molecular complexity index is 690. The van der Waals surface area contributed by atoms with Crippen molar-refractivity contribution < 1.29 is 13.6 Å². The number of likely N-dealkylation sites (tertiary alicyclic amines) is 1. The number of halogens is 2. The predicted octanol–water partition coefficient (Wildman–Crippen LogP) is 3.49. The third-order valence-electron chi connectivity index (χ3n) is 4.33. The van der Waals surface area contributed by atoms with Crippen molar-refractivity contribution in [2.45, 2.75) is 12.5 Å². The maximum absolute atomic E-state index is 13.8. The van der Waals surface area contributed by atoms with Crippen LogP contribution in [0.1, 0.15) is 28.6 Å². The molecule has 1 saturated heterocycles. The van der Waals surface area contributed by atoms with Crippen LogP contribution in [0.4, 0.5) is 4.39 Å². The van der Waals surface area contributed by atoms with Crippen molar-refractivity contribution in [3.8, 4) is 0 Å². The number of hydrogen-bond donors (Lipinski definition) is 1. The van der Waals surface area contributed by atoms with E-state index in [1.54, 1.807) is 18.2 Å². The highest BCUT2D eigenvalue weighted by Gasteiger charge is 2.33. The Balaban J connectivity index is 1.71. The van der Waals surface area contributed by atoms with Gasteiger partial charge in [-0.3, -0.25) is 9.69 Å². The predicted molar refractivity (Wildman–Crippen MR) is 85.9 cm³/mol. The minimum absolute atomic E-state index is 0.0543. The van der Waals surface area contributed by atoms with E-state index in [0.717, 1.165) is 18.5 Å². The van der Waals surface area contributed by atoms with Crippen LogP contribution >= 0.6 is 11.6 Å². The molecule has 6 heteroatoms. The number of nitrogens with zero attached hydrogens (tertiary/aromatic N) is 1. The van der Waals surface area contributed by atoms with E-state index in [4.69, 9.17) is 16.0 Å². The second-order valence-electron chi connectivity index (χ2n) is 5.84. The van der Waals surface area contributed by atoms with Crippen LogP contribution in [0.25, 0.3) is 0 Å². The van der Waals surface area contributed by atoms with Crippen LogP contribution in [-0.2, 0) is 0 Å². The summed E-state index contributed by atoms with van der Waals surface area (Å²) in [7, 11) is 2.01. The smallest absolute Gasteiger partial charge is 0.286 e. The third kappa shape index (κ3) is 3.41. The highest BCUT2D eigenvalue weighted by atomic mass is 35.5. The van der Waals surface area contributed by atoms with Crippen LogP contribution in [0.5, 0.6) is 0 Å². The fourth-order valence-electron chi connectivity index (χ4n) is 3.18. The van der Waals surface area contributed by atoms with Crippen molar-refractivity contribution >= 4 is 17.5 Å². The van der Waals surface area contributed by atoms with E-state index in [1.807, 2.05) is 13.1 Å². The van der Waals surface area contributed by atoms with E-state index in [0.29, 0.717) is 12.3 Å². The quantitative estimate of drug-likeness (QED) is 0.929. The highest BCUT2D eigenvalue weighted by Crippen LogP contribution is 2.36. The number of furan rings is 1. The Morgan fingerprint density at radius 1 is 1.48 bits per heavy atom. The first-order chi connectivity index (χ1) is 11.1. The van der Waals surface area contributed by atoms with Gasteiger partial charge in [0.1, 0.15) is 5.82 Å². The summed E-state index contributed by atoms with van der Waals surface area (Å²) in [5, 5.41) is 3.02. The third-order valence-corrected chi connectivity index (χ3v) is 4.64. The van der Waals surface area contributed by atoms with Gasteiger partial charge in [0.05, 0.1) is 11.3 Å². The molecule has 0 radical (unpaired) electrons. The Hall–Kier alpha value is -1.85.